The van der Waals surface area contributed by atoms with Crippen LogP contribution < -0.4 is 0 Å². The Morgan fingerprint density at radius 1 is 0.900 bits per heavy atom. The van der Waals surface area contributed by atoms with Crippen LogP contribution >= 0.6 is 0 Å². The number of aliphatic hydroxyl groups excluding tert-OH is 2. The summed E-state index contributed by atoms with van der Waals surface area (Å²) in [5.74, 6) is 0. The van der Waals surface area contributed by atoms with Crippen molar-refractivity contribution in [1.82, 2.24) is 4.57 Å². The largest absolute Gasteiger partial charge is 0.394 e. The van der Waals surface area contributed by atoms with Crippen LogP contribution in [0.1, 0.15) is 11.6 Å². The molecule has 0 fully saturated rings. The molecule has 0 amide bonds. The molecule has 0 saturated heterocycles. The summed E-state index contributed by atoms with van der Waals surface area (Å²) in [5, 5.41) is 20.7. The van der Waals surface area contributed by atoms with Crippen molar-refractivity contribution in [3.8, 4) is 0 Å². The number of nitrogens with zero attached hydrogens (tertiary/aromatic N) is 1. The second-order valence-corrected chi connectivity index (χ2v) is 4.89. The minimum absolute atomic E-state index is 0.272. The van der Waals surface area contributed by atoms with Gasteiger partial charge in [0, 0.05) is 11.7 Å². The van der Waals surface area contributed by atoms with Crippen molar-refractivity contribution in [2.45, 2.75) is 12.1 Å². The molecule has 20 heavy (non-hydrogen) atoms. The van der Waals surface area contributed by atoms with Gasteiger partial charge in [-0.05, 0) is 23.1 Å². The number of hydrogen-bond donors (Lipinski definition) is 2. The highest BCUT2D eigenvalue weighted by Crippen LogP contribution is 2.27. The fourth-order valence-electron chi connectivity index (χ4n) is 2.67. The van der Waals surface area contributed by atoms with Crippen LogP contribution in [0.25, 0.3) is 10.9 Å². The van der Waals surface area contributed by atoms with E-state index >= 15 is 0 Å². The van der Waals surface area contributed by atoms with Gasteiger partial charge < -0.3 is 14.8 Å². The van der Waals surface area contributed by atoms with Crippen molar-refractivity contribution in [3.63, 3.8) is 0 Å². The maximum Gasteiger partial charge on any atom is 0.102 e. The van der Waals surface area contributed by atoms with E-state index in [0.29, 0.717) is 0 Å². The van der Waals surface area contributed by atoms with Crippen molar-refractivity contribution in [2.24, 2.45) is 0 Å². The standard InChI is InChI=1S/C17H17NO2/c19-12-16(20)17(14-7-2-1-3-8-14)18-11-10-13-6-4-5-9-15(13)18/h1-11,16-17,19-20H,12H2/t16-,17+/m0/s1. The summed E-state index contributed by atoms with van der Waals surface area (Å²) in [6.07, 6.45) is 1.12. The molecule has 1 aromatic heterocycles. The lowest BCUT2D eigenvalue weighted by molar-refractivity contribution is 0.0654. The molecule has 3 rings (SSSR count). The van der Waals surface area contributed by atoms with Gasteiger partial charge in [0.15, 0.2) is 0 Å². The fourth-order valence-corrected chi connectivity index (χ4v) is 2.67. The van der Waals surface area contributed by atoms with Gasteiger partial charge in [0.1, 0.15) is 6.10 Å². The summed E-state index contributed by atoms with van der Waals surface area (Å²) in [4.78, 5) is 0. The van der Waals surface area contributed by atoms with E-state index in [1.807, 2.05) is 71.4 Å². The zero-order valence-corrected chi connectivity index (χ0v) is 11.1. The molecule has 1 heterocycles. The summed E-state index contributed by atoms with van der Waals surface area (Å²) in [6.45, 7) is -0.272. The predicted molar refractivity (Wildman–Crippen MR) is 79.6 cm³/mol. The van der Waals surface area contributed by atoms with Gasteiger partial charge in [0.05, 0.1) is 12.6 Å². The van der Waals surface area contributed by atoms with Crippen molar-refractivity contribution >= 4 is 10.9 Å². The SMILES string of the molecule is OC[C@H](O)[C@@H](c1ccccc1)n1ccc2ccccc21. The van der Waals surface area contributed by atoms with E-state index in [9.17, 15) is 10.2 Å². The van der Waals surface area contributed by atoms with Gasteiger partial charge in [-0.1, -0.05) is 48.5 Å². The number of fused-ring (bicyclic) bond motifs is 1. The van der Waals surface area contributed by atoms with Gasteiger partial charge in [0.2, 0.25) is 0 Å². The average Bonchev–Trinajstić information content (AvgIpc) is 2.92. The van der Waals surface area contributed by atoms with Crippen LogP contribution in [0.3, 0.4) is 0 Å². The first-order chi connectivity index (χ1) is 9.81. The first-order valence-electron chi connectivity index (χ1n) is 6.70. The van der Waals surface area contributed by atoms with Crippen molar-refractivity contribution in [2.75, 3.05) is 6.61 Å². The van der Waals surface area contributed by atoms with Gasteiger partial charge in [-0.15, -0.1) is 0 Å². The number of aliphatic hydroxyl groups is 2. The molecule has 3 heteroatoms. The molecule has 102 valence electrons. The Labute approximate surface area is 117 Å². The molecule has 2 atom stereocenters. The first kappa shape index (κ1) is 12.9. The lowest BCUT2D eigenvalue weighted by Crippen LogP contribution is -2.27. The van der Waals surface area contributed by atoms with E-state index in [2.05, 4.69) is 0 Å². The molecule has 2 aromatic carbocycles. The normalized spacial score (nSPS) is 14.3. The van der Waals surface area contributed by atoms with Crippen molar-refractivity contribution < 1.29 is 10.2 Å². The van der Waals surface area contributed by atoms with E-state index in [4.69, 9.17) is 0 Å². The smallest absolute Gasteiger partial charge is 0.102 e. The van der Waals surface area contributed by atoms with Crippen molar-refractivity contribution in [3.05, 3.63) is 72.4 Å². The van der Waals surface area contributed by atoms with Gasteiger partial charge in [0.25, 0.3) is 0 Å². The van der Waals surface area contributed by atoms with Gasteiger partial charge >= 0.3 is 0 Å². The zero-order valence-electron chi connectivity index (χ0n) is 11.1. The van der Waals surface area contributed by atoms with Crippen LogP contribution in [0.15, 0.2) is 66.9 Å². The maximum atomic E-state index is 10.2. The van der Waals surface area contributed by atoms with Crippen LogP contribution in [-0.4, -0.2) is 27.5 Å². The molecule has 2 N–H and O–H groups in total. The molecule has 0 spiro atoms. The summed E-state index contributed by atoms with van der Waals surface area (Å²) in [6, 6.07) is 19.5. The predicted octanol–water partition coefficient (Wildman–Crippen LogP) is 2.58. The third kappa shape index (κ3) is 2.22. The Balaban J connectivity index is 2.15. The Kier molecular flexibility index (Phi) is 3.54. The van der Waals surface area contributed by atoms with Gasteiger partial charge in [-0.2, -0.15) is 0 Å². The van der Waals surface area contributed by atoms with Gasteiger partial charge in [-0.25, -0.2) is 0 Å². The number of hydrogen-bond acceptors (Lipinski definition) is 2. The summed E-state index contributed by atoms with van der Waals surface area (Å²) < 4.78 is 2.02. The lowest BCUT2D eigenvalue weighted by Gasteiger charge is -2.24. The molecule has 3 aromatic rings. The second-order valence-electron chi connectivity index (χ2n) is 4.89. The molecule has 3 nitrogen and oxygen atoms in total. The maximum absolute atomic E-state index is 10.2. The van der Waals surface area contributed by atoms with Crippen LogP contribution in [0, 0.1) is 0 Å². The van der Waals surface area contributed by atoms with E-state index in [0.717, 1.165) is 16.5 Å². The van der Waals surface area contributed by atoms with Crippen LogP contribution in [0.2, 0.25) is 0 Å². The van der Waals surface area contributed by atoms with Crippen molar-refractivity contribution in [1.29, 1.82) is 0 Å². The average molecular weight is 267 g/mol. The molecule has 0 aliphatic rings. The molecule has 0 radical (unpaired) electrons. The highest BCUT2D eigenvalue weighted by Gasteiger charge is 2.23. The zero-order chi connectivity index (χ0) is 13.9. The third-order valence-corrected chi connectivity index (χ3v) is 3.62. The second kappa shape index (κ2) is 5.49. The van der Waals surface area contributed by atoms with E-state index in [1.54, 1.807) is 0 Å². The minimum Gasteiger partial charge on any atom is -0.394 e. The Morgan fingerprint density at radius 3 is 2.35 bits per heavy atom. The quantitative estimate of drug-likeness (QED) is 0.763. The Hall–Kier alpha value is -2.10. The highest BCUT2D eigenvalue weighted by atomic mass is 16.3. The lowest BCUT2D eigenvalue weighted by atomic mass is 10.0. The molecule has 0 saturated carbocycles. The summed E-state index contributed by atoms with van der Waals surface area (Å²) in [5.41, 5.74) is 2.03. The Morgan fingerprint density at radius 2 is 1.60 bits per heavy atom. The number of aromatic nitrogens is 1. The van der Waals surface area contributed by atoms with Crippen LogP contribution in [0.5, 0.6) is 0 Å². The molecular weight excluding hydrogens is 250 g/mol. The molecule has 0 aliphatic carbocycles. The first-order valence-corrected chi connectivity index (χ1v) is 6.70. The molecule has 0 unspecified atom stereocenters. The van der Waals surface area contributed by atoms with E-state index in [1.165, 1.54) is 0 Å². The molecule has 0 bridgehead atoms. The highest BCUT2D eigenvalue weighted by molar-refractivity contribution is 5.80. The number of para-hydroxylation sites is 1. The van der Waals surface area contributed by atoms with E-state index in [-0.39, 0.29) is 12.6 Å². The monoisotopic (exact) mass is 267 g/mol. The minimum atomic E-state index is -0.840. The number of rotatable bonds is 4. The molecular formula is C17H17NO2. The topological polar surface area (TPSA) is 45.4 Å². The van der Waals surface area contributed by atoms with Crippen LogP contribution in [0.4, 0.5) is 0 Å². The van der Waals surface area contributed by atoms with Crippen LogP contribution in [-0.2, 0) is 0 Å². The molecule has 0 aliphatic heterocycles. The van der Waals surface area contributed by atoms with E-state index < -0.39 is 6.10 Å². The fraction of sp³-hybridized carbons (Fsp3) is 0.176. The summed E-state index contributed by atoms with van der Waals surface area (Å²) >= 11 is 0. The number of benzene rings is 2. The Bertz CT molecular complexity index is 690. The third-order valence-electron chi connectivity index (χ3n) is 3.62. The summed E-state index contributed by atoms with van der Waals surface area (Å²) in [7, 11) is 0. The van der Waals surface area contributed by atoms with Gasteiger partial charge in [-0.3, -0.25) is 0 Å².